The minimum atomic E-state index is -0.0311. The summed E-state index contributed by atoms with van der Waals surface area (Å²) in [6.45, 7) is 1.47. The number of likely N-dealkylation sites (tertiary alicyclic amines) is 1. The molecule has 27 heavy (non-hydrogen) atoms. The standard InChI is InChI=1S/C20H22N6O/c1-21-20(27)26-9-5-8-15(13-26)19-24-12-17(25-19)16-10-22-18(23-11-16)14-6-3-2-4-7-14/h2-4,6-7,10-12,15H,5,8-9,13H2,1H3,(H,21,27)(H,24,25). The first-order valence-electron chi connectivity index (χ1n) is 9.14. The van der Waals surface area contributed by atoms with Crippen molar-refractivity contribution in [2.24, 2.45) is 0 Å². The van der Waals surface area contributed by atoms with E-state index in [-0.39, 0.29) is 11.9 Å². The average Bonchev–Trinajstić information content (AvgIpc) is 3.24. The number of urea groups is 1. The number of piperidine rings is 1. The van der Waals surface area contributed by atoms with Gasteiger partial charge in [0.05, 0.1) is 5.69 Å². The molecular weight excluding hydrogens is 340 g/mol. The van der Waals surface area contributed by atoms with Crippen LogP contribution in [0.2, 0.25) is 0 Å². The van der Waals surface area contributed by atoms with E-state index in [4.69, 9.17) is 4.98 Å². The van der Waals surface area contributed by atoms with Gasteiger partial charge >= 0.3 is 6.03 Å². The maximum absolute atomic E-state index is 11.9. The minimum absolute atomic E-state index is 0.0311. The highest BCUT2D eigenvalue weighted by atomic mass is 16.2. The highest BCUT2D eigenvalue weighted by Crippen LogP contribution is 2.27. The van der Waals surface area contributed by atoms with Gasteiger partial charge in [0, 0.05) is 55.8 Å². The fourth-order valence-electron chi connectivity index (χ4n) is 3.43. The molecule has 0 spiro atoms. The Labute approximate surface area is 157 Å². The van der Waals surface area contributed by atoms with Crippen molar-refractivity contribution in [3.63, 3.8) is 0 Å². The molecule has 0 radical (unpaired) electrons. The summed E-state index contributed by atoms with van der Waals surface area (Å²) < 4.78 is 0. The zero-order valence-corrected chi connectivity index (χ0v) is 15.2. The van der Waals surface area contributed by atoms with Crippen LogP contribution in [0.4, 0.5) is 4.79 Å². The van der Waals surface area contributed by atoms with Gasteiger partial charge in [-0.05, 0) is 12.8 Å². The Morgan fingerprint density at radius 2 is 1.96 bits per heavy atom. The number of hydrogen-bond donors (Lipinski definition) is 2. The summed E-state index contributed by atoms with van der Waals surface area (Å²) in [6, 6.07) is 9.86. The van der Waals surface area contributed by atoms with Gasteiger partial charge in [-0.3, -0.25) is 0 Å². The molecule has 1 fully saturated rings. The molecule has 1 aromatic carbocycles. The predicted octanol–water partition coefficient (Wildman–Crippen LogP) is 3.05. The molecule has 0 aliphatic carbocycles. The van der Waals surface area contributed by atoms with Crippen LogP contribution in [0, 0.1) is 0 Å². The smallest absolute Gasteiger partial charge is 0.317 e. The highest BCUT2D eigenvalue weighted by molar-refractivity contribution is 5.74. The van der Waals surface area contributed by atoms with Crippen molar-refractivity contribution in [2.45, 2.75) is 18.8 Å². The second-order valence-electron chi connectivity index (χ2n) is 6.67. The molecule has 3 aromatic rings. The number of amides is 2. The van der Waals surface area contributed by atoms with Crippen molar-refractivity contribution in [2.75, 3.05) is 20.1 Å². The van der Waals surface area contributed by atoms with E-state index < -0.39 is 0 Å². The lowest BCUT2D eigenvalue weighted by atomic mass is 9.97. The van der Waals surface area contributed by atoms with Crippen LogP contribution in [0.25, 0.3) is 22.6 Å². The average molecular weight is 362 g/mol. The topological polar surface area (TPSA) is 86.8 Å². The van der Waals surface area contributed by atoms with E-state index in [0.717, 1.165) is 42.0 Å². The van der Waals surface area contributed by atoms with Gasteiger partial charge in [0.25, 0.3) is 0 Å². The van der Waals surface area contributed by atoms with Crippen molar-refractivity contribution in [3.05, 3.63) is 54.7 Å². The van der Waals surface area contributed by atoms with E-state index in [1.54, 1.807) is 19.4 Å². The van der Waals surface area contributed by atoms with Gasteiger partial charge in [0.15, 0.2) is 5.82 Å². The summed E-state index contributed by atoms with van der Waals surface area (Å²) >= 11 is 0. The molecule has 1 aliphatic heterocycles. The number of H-pyrrole nitrogens is 1. The van der Waals surface area contributed by atoms with Crippen LogP contribution >= 0.6 is 0 Å². The number of imidazole rings is 1. The molecule has 7 nitrogen and oxygen atoms in total. The summed E-state index contributed by atoms with van der Waals surface area (Å²) in [5, 5.41) is 2.70. The van der Waals surface area contributed by atoms with Crippen LogP contribution in [0.3, 0.4) is 0 Å². The number of carbonyl (C=O) groups is 1. The van der Waals surface area contributed by atoms with Crippen LogP contribution in [0.15, 0.2) is 48.9 Å². The van der Waals surface area contributed by atoms with Gasteiger partial charge in [0.1, 0.15) is 5.82 Å². The fraction of sp³-hybridized carbons (Fsp3) is 0.300. The number of benzene rings is 1. The van der Waals surface area contributed by atoms with Gasteiger partial charge in [-0.25, -0.2) is 19.7 Å². The molecule has 1 saturated heterocycles. The van der Waals surface area contributed by atoms with E-state index in [2.05, 4.69) is 20.3 Å². The Balaban J connectivity index is 1.50. The van der Waals surface area contributed by atoms with E-state index in [1.165, 1.54) is 0 Å². The third-order valence-electron chi connectivity index (χ3n) is 4.89. The maximum atomic E-state index is 11.9. The third kappa shape index (κ3) is 3.67. The lowest BCUT2D eigenvalue weighted by Gasteiger charge is -2.31. The summed E-state index contributed by atoms with van der Waals surface area (Å²) in [4.78, 5) is 30.7. The molecule has 1 atom stereocenters. The Morgan fingerprint density at radius 1 is 1.19 bits per heavy atom. The van der Waals surface area contributed by atoms with Gasteiger partial charge in [-0.2, -0.15) is 0 Å². The molecular formula is C20H22N6O. The number of nitrogens with zero attached hydrogens (tertiary/aromatic N) is 4. The first-order chi connectivity index (χ1) is 13.2. The first-order valence-corrected chi connectivity index (χ1v) is 9.14. The molecule has 2 amide bonds. The first kappa shape index (κ1) is 17.2. The van der Waals surface area contributed by atoms with E-state index in [1.807, 2.05) is 41.4 Å². The van der Waals surface area contributed by atoms with Crippen LogP contribution in [-0.4, -0.2) is 51.0 Å². The lowest BCUT2D eigenvalue weighted by Crippen LogP contribution is -2.43. The van der Waals surface area contributed by atoms with Gasteiger partial charge in [-0.1, -0.05) is 30.3 Å². The highest BCUT2D eigenvalue weighted by Gasteiger charge is 2.26. The summed E-state index contributed by atoms with van der Waals surface area (Å²) in [5.41, 5.74) is 2.68. The molecule has 0 bridgehead atoms. The third-order valence-corrected chi connectivity index (χ3v) is 4.89. The molecule has 4 rings (SSSR count). The number of nitrogens with one attached hydrogen (secondary N) is 2. The SMILES string of the molecule is CNC(=O)N1CCCC(c2nc(-c3cnc(-c4ccccc4)nc3)c[nH]2)C1. The summed E-state index contributed by atoms with van der Waals surface area (Å²) in [5.74, 6) is 1.82. The van der Waals surface area contributed by atoms with Crippen molar-refractivity contribution in [1.82, 2.24) is 30.2 Å². The van der Waals surface area contributed by atoms with Gasteiger partial charge < -0.3 is 15.2 Å². The maximum Gasteiger partial charge on any atom is 0.317 e. The van der Waals surface area contributed by atoms with Crippen molar-refractivity contribution in [1.29, 1.82) is 0 Å². The van der Waals surface area contributed by atoms with E-state index >= 15 is 0 Å². The van der Waals surface area contributed by atoms with Crippen molar-refractivity contribution in [3.8, 4) is 22.6 Å². The number of aromatic nitrogens is 4. The molecule has 3 heterocycles. The minimum Gasteiger partial charge on any atom is -0.348 e. The molecule has 2 N–H and O–H groups in total. The Bertz CT molecular complexity index is 906. The summed E-state index contributed by atoms with van der Waals surface area (Å²) in [6.07, 6.45) is 7.47. The van der Waals surface area contributed by atoms with Crippen LogP contribution in [0.5, 0.6) is 0 Å². The summed E-state index contributed by atoms with van der Waals surface area (Å²) in [7, 11) is 1.66. The lowest BCUT2D eigenvalue weighted by molar-refractivity contribution is 0.180. The molecule has 138 valence electrons. The molecule has 0 saturated carbocycles. The molecule has 7 heteroatoms. The zero-order chi connectivity index (χ0) is 18.6. The number of carbonyl (C=O) groups excluding carboxylic acids is 1. The normalized spacial score (nSPS) is 16.9. The van der Waals surface area contributed by atoms with Crippen molar-refractivity contribution < 1.29 is 4.79 Å². The quantitative estimate of drug-likeness (QED) is 0.750. The monoisotopic (exact) mass is 362 g/mol. The van der Waals surface area contributed by atoms with E-state index in [9.17, 15) is 4.79 Å². The molecule has 1 unspecified atom stereocenters. The van der Waals surface area contributed by atoms with Gasteiger partial charge in [-0.15, -0.1) is 0 Å². The van der Waals surface area contributed by atoms with Crippen LogP contribution in [-0.2, 0) is 0 Å². The number of aromatic amines is 1. The second-order valence-corrected chi connectivity index (χ2v) is 6.67. The number of hydrogen-bond acceptors (Lipinski definition) is 4. The van der Waals surface area contributed by atoms with Crippen LogP contribution < -0.4 is 5.32 Å². The Kier molecular flexibility index (Phi) is 4.82. The Hall–Kier alpha value is -3.22. The van der Waals surface area contributed by atoms with Crippen molar-refractivity contribution >= 4 is 6.03 Å². The zero-order valence-electron chi connectivity index (χ0n) is 15.2. The molecule has 1 aliphatic rings. The largest absolute Gasteiger partial charge is 0.348 e. The van der Waals surface area contributed by atoms with Crippen LogP contribution in [0.1, 0.15) is 24.6 Å². The molecule has 2 aromatic heterocycles. The second kappa shape index (κ2) is 7.57. The fourth-order valence-corrected chi connectivity index (χ4v) is 3.43. The Morgan fingerprint density at radius 3 is 2.70 bits per heavy atom. The number of rotatable bonds is 3. The van der Waals surface area contributed by atoms with Gasteiger partial charge in [0.2, 0.25) is 0 Å². The predicted molar refractivity (Wildman–Crippen MR) is 103 cm³/mol. The van der Waals surface area contributed by atoms with E-state index in [0.29, 0.717) is 12.4 Å².